The second-order valence-electron chi connectivity index (χ2n) is 6.35. The van der Waals surface area contributed by atoms with Crippen molar-refractivity contribution < 1.29 is 14.3 Å². The van der Waals surface area contributed by atoms with Gasteiger partial charge in [-0.2, -0.15) is 0 Å². The van der Waals surface area contributed by atoms with Crippen molar-refractivity contribution in [2.75, 3.05) is 19.5 Å². The summed E-state index contributed by atoms with van der Waals surface area (Å²) in [7, 11) is 1.36. The van der Waals surface area contributed by atoms with Crippen molar-refractivity contribution in [1.82, 2.24) is 9.55 Å². The summed E-state index contributed by atoms with van der Waals surface area (Å²) in [5.74, 6) is -0.179. The fraction of sp³-hybridized carbons (Fsp3) is 0.588. The van der Waals surface area contributed by atoms with Gasteiger partial charge < -0.3 is 9.47 Å². The number of carbonyl (C=O) groups is 1. The van der Waals surface area contributed by atoms with Gasteiger partial charge in [0, 0.05) is 11.5 Å². The number of thiophene rings is 1. The van der Waals surface area contributed by atoms with Crippen molar-refractivity contribution in [2.24, 2.45) is 0 Å². The van der Waals surface area contributed by atoms with E-state index in [1.165, 1.54) is 29.3 Å². The normalized spacial score (nSPS) is 19.5. The zero-order chi connectivity index (χ0) is 17.4. The largest absolute Gasteiger partial charge is 0.468 e. The molecule has 3 heterocycles. The van der Waals surface area contributed by atoms with Gasteiger partial charge in [-0.1, -0.05) is 11.8 Å². The first-order valence-electron chi connectivity index (χ1n) is 8.53. The second-order valence-corrected chi connectivity index (χ2v) is 8.37. The summed E-state index contributed by atoms with van der Waals surface area (Å²) in [5, 5.41) is 1.36. The maximum absolute atomic E-state index is 13.2. The highest BCUT2D eigenvalue weighted by molar-refractivity contribution is 7.99. The number of methoxy groups -OCH3 is 1. The fourth-order valence-electron chi connectivity index (χ4n) is 3.50. The fourth-order valence-corrected chi connectivity index (χ4v) is 5.65. The number of esters is 1. The van der Waals surface area contributed by atoms with Gasteiger partial charge in [0.1, 0.15) is 4.83 Å². The molecule has 4 rings (SSSR count). The van der Waals surface area contributed by atoms with Gasteiger partial charge >= 0.3 is 5.97 Å². The van der Waals surface area contributed by atoms with Crippen molar-refractivity contribution in [2.45, 2.75) is 49.9 Å². The molecule has 1 fully saturated rings. The molecule has 134 valence electrons. The Hall–Kier alpha value is -1.38. The molecular weight excluding hydrogens is 360 g/mol. The number of hydrogen-bond donors (Lipinski definition) is 0. The number of fused-ring (bicyclic) bond motifs is 3. The molecule has 2 aromatic rings. The highest BCUT2D eigenvalue weighted by Crippen LogP contribution is 2.35. The van der Waals surface area contributed by atoms with Crippen LogP contribution >= 0.6 is 23.1 Å². The van der Waals surface area contributed by atoms with Crippen LogP contribution in [0, 0.1) is 0 Å². The van der Waals surface area contributed by atoms with Crippen LogP contribution in [0.5, 0.6) is 0 Å². The van der Waals surface area contributed by atoms with E-state index in [2.05, 4.69) is 0 Å². The van der Waals surface area contributed by atoms with Gasteiger partial charge in [-0.3, -0.25) is 14.2 Å². The van der Waals surface area contributed by atoms with Crippen LogP contribution in [0.4, 0.5) is 0 Å². The van der Waals surface area contributed by atoms with Crippen LogP contribution in [0.15, 0.2) is 9.95 Å². The molecule has 0 spiro atoms. The minimum absolute atomic E-state index is 0.00673. The lowest BCUT2D eigenvalue weighted by atomic mass is 10.2. The monoisotopic (exact) mass is 380 g/mol. The van der Waals surface area contributed by atoms with E-state index in [0.717, 1.165) is 48.9 Å². The Morgan fingerprint density at radius 2 is 2.32 bits per heavy atom. The summed E-state index contributed by atoms with van der Waals surface area (Å²) in [6.45, 7) is 1.24. The highest BCUT2D eigenvalue weighted by Gasteiger charge is 2.25. The van der Waals surface area contributed by atoms with Crippen molar-refractivity contribution in [3.8, 4) is 0 Å². The van der Waals surface area contributed by atoms with E-state index in [9.17, 15) is 9.59 Å². The van der Waals surface area contributed by atoms with Crippen LogP contribution in [0.2, 0.25) is 0 Å². The molecule has 1 saturated heterocycles. The molecule has 1 aliphatic carbocycles. The first kappa shape index (κ1) is 17.1. The van der Waals surface area contributed by atoms with E-state index in [1.54, 1.807) is 15.9 Å². The molecule has 0 aromatic carbocycles. The summed E-state index contributed by atoms with van der Waals surface area (Å²) in [6.07, 6.45) is 5.12. The minimum atomic E-state index is -0.323. The lowest BCUT2D eigenvalue weighted by Gasteiger charge is -2.15. The third-order valence-electron chi connectivity index (χ3n) is 4.75. The van der Waals surface area contributed by atoms with Crippen LogP contribution in [-0.2, 0) is 33.7 Å². The Morgan fingerprint density at radius 1 is 1.44 bits per heavy atom. The SMILES string of the molecule is COC(=O)CSc1nc2sc3c(c2c(=O)n1C[C@@H]1CCCO1)CCC3. The smallest absolute Gasteiger partial charge is 0.316 e. The average Bonchev–Trinajstić information content (AvgIpc) is 3.32. The zero-order valence-electron chi connectivity index (χ0n) is 14.1. The number of ether oxygens (including phenoxy) is 2. The quantitative estimate of drug-likeness (QED) is 0.451. The van der Waals surface area contributed by atoms with Crippen molar-refractivity contribution in [1.29, 1.82) is 0 Å². The van der Waals surface area contributed by atoms with Gasteiger partial charge in [-0.05, 0) is 37.7 Å². The van der Waals surface area contributed by atoms with E-state index >= 15 is 0 Å². The number of nitrogens with zero attached hydrogens (tertiary/aromatic N) is 2. The number of aromatic nitrogens is 2. The topological polar surface area (TPSA) is 70.4 Å². The Labute approximate surface area is 153 Å². The summed E-state index contributed by atoms with van der Waals surface area (Å²) in [6, 6.07) is 0. The molecule has 8 heteroatoms. The van der Waals surface area contributed by atoms with Crippen molar-refractivity contribution >= 4 is 39.3 Å². The molecule has 0 saturated carbocycles. The molecule has 6 nitrogen and oxygen atoms in total. The van der Waals surface area contributed by atoms with Crippen molar-refractivity contribution in [3.05, 3.63) is 20.8 Å². The Kier molecular flexibility index (Phi) is 4.84. The molecule has 1 atom stereocenters. The van der Waals surface area contributed by atoms with E-state index in [1.807, 2.05) is 0 Å². The standard InChI is InChI=1S/C17H20N2O4S2/c1-22-13(20)9-24-17-18-15-14(11-5-2-6-12(11)25-15)16(21)19(17)8-10-4-3-7-23-10/h10H,2-9H2,1H3/t10-/m0/s1. The maximum atomic E-state index is 13.2. The molecule has 0 unspecified atom stereocenters. The molecule has 0 N–H and O–H groups in total. The van der Waals surface area contributed by atoms with E-state index < -0.39 is 0 Å². The molecule has 1 aliphatic heterocycles. The van der Waals surface area contributed by atoms with E-state index in [0.29, 0.717) is 11.7 Å². The second kappa shape index (κ2) is 7.09. The zero-order valence-corrected chi connectivity index (χ0v) is 15.7. The Morgan fingerprint density at radius 3 is 3.08 bits per heavy atom. The predicted molar refractivity (Wildman–Crippen MR) is 97.6 cm³/mol. The number of thioether (sulfide) groups is 1. The number of aryl methyl sites for hydroxylation is 2. The summed E-state index contributed by atoms with van der Waals surface area (Å²) < 4.78 is 12.1. The van der Waals surface area contributed by atoms with Gasteiger partial charge in [0.25, 0.3) is 5.56 Å². The lowest BCUT2D eigenvalue weighted by molar-refractivity contribution is -0.137. The first-order chi connectivity index (χ1) is 12.2. The predicted octanol–water partition coefficient (Wildman–Crippen LogP) is 2.39. The average molecular weight is 380 g/mol. The van der Waals surface area contributed by atoms with E-state index in [-0.39, 0.29) is 23.4 Å². The molecule has 25 heavy (non-hydrogen) atoms. The minimum Gasteiger partial charge on any atom is -0.468 e. The van der Waals surface area contributed by atoms with Crippen molar-refractivity contribution in [3.63, 3.8) is 0 Å². The van der Waals surface area contributed by atoms with Gasteiger partial charge in [0.05, 0.1) is 30.9 Å². The number of hydrogen-bond acceptors (Lipinski definition) is 7. The molecule has 0 amide bonds. The number of carbonyl (C=O) groups excluding carboxylic acids is 1. The summed E-state index contributed by atoms with van der Waals surface area (Å²) in [5.41, 5.74) is 1.19. The van der Waals surface area contributed by atoms with Crippen LogP contribution in [0.25, 0.3) is 10.2 Å². The number of rotatable bonds is 5. The van der Waals surface area contributed by atoms with Gasteiger partial charge in [0.15, 0.2) is 5.16 Å². The maximum Gasteiger partial charge on any atom is 0.316 e. The van der Waals surface area contributed by atoms with Crippen LogP contribution in [0.1, 0.15) is 29.7 Å². The van der Waals surface area contributed by atoms with Crippen LogP contribution < -0.4 is 5.56 Å². The third-order valence-corrected chi connectivity index (χ3v) is 6.88. The summed E-state index contributed by atoms with van der Waals surface area (Å²) >= 11 is 2.88. The van der Waals surface area contributed by atoms with Crippen LogP contribution in [-0.4, -0.2) is 41.1 Å². The summed E-state index contributed by atoms with van der Waals surface area (Å²) in [4.78, 5) is 31.6. The molecule has 2 aromatic heterocycles. The molecular formula is C17H20N2O4S2. The third kappa shape index (κ3) is 3.22. The molecule has 0 radical (unpaired) electrons. The van der Waals surface area contributed by atoms with Gasteiger partial charge in [-0.25, -0.2) is 4.98 Å². The first-order valence-corrected chi connectivity index (χ1v) is 10.3. The molecule has 2 aliphatic rings. The van der Waals surface area contributed by atoms with Gasteiger partial charge in [-0.15, -0.1) is 11.3 Å². The van der Waals surface area contributed by atoms with Gasteiger partial charge in [0.2, 0.25) is 0 Å². The van der Waals surface area contributed by atoms with Crippen LogP contribution in [0.3, 0.4) is 0 Å². The molecule has 0 bridgehead atoms. The lowest BCUT2D eigenvalue weighted by Crippen LogP contribution is -2.29. The Balaban J connectivity index is 1.77. The highest BCUT2D eigenvalue weighted by atomic mass is 32.2. The van der Waals surface area contributed by atoms with E-state index in [4.69, 9.17) is 14.5 Å². The Bertz CT molecular complexity index is 868.